The van der Waals surface area contributed by atoms with Gasteiger partial charge in [-0.15, -0.1) is 0 Å². The Kier molecular flexibility index (Phi) is 6.89. The molecule has 1 fully saturated rings. The number of esters is 1. The highest BCUT2D eigenvalue weighted by molar-refractivity contribution is 6.33. The monoisotopic (exact) mass is 490 g/mol. The first-order valence-electron chi connectivity index (χ1n) is 11.5. The minimum absolute atomic E-state index is 0.0902. The Morgan fingerprint density at radius 2 is 2.15 bits per heavy atom. The number of fused-ring (bicyclic) bond motifs is 1. The number of aliphatic hydroxyl groups excluding tert-OH is 1. The fraction of sp³-hybridized carbons (Fsp3) is 0.542. The van der Waals surface area contributed by atoms with Gasteiger partial charge in [-0.3, -0.25) is 9.69 Å². The molecule has 2 aromatic rings. The molecule has 0 spiro atoms. The molecule has 1 saturated heterocycles. The Labute approximate surface area is 203 Å². The van der Waals surface area contributed by atoms with Gasteiger partial charge in [0.2, 0.25) is 0 Å². The number of rotatable bonds is 6. The number of hydrogen-bond acceptors (Lipinski definition) is 8. The predicted molar refractivity (Wildman–Crippen MR) is 128 cm³/mol. The predicted octanol–water partition coefficient (Wildman–Crippen LogP) is 2.04. The van der Waals surface area contributed by atoms with Crippen molar-refractivity contribution in [2.45, 2.75) is 51.9 Å². The number of carbonyl (C=O) groups is 1. The lowest BCUT2D eigenvalue weighted by atomic mass is 9.94. The van der Waals surface area contributed by atoms with Crippen molar-refractivity contribution in [2.75, 3.05) is 32.0 Å². The number of nitrogens with two attached hydrogens (primary N) is 1. The highest BCUT2D eigenvalue weighted by atomic mass is 35.5. The van der Waals surface area contributed by atoms with E-state index < -0.39 is 17.7 Å². The number of likely N-dealkylation sites (tertiary alicyclic amines) is 1. The van der Waals surface area contributed by atoms with E-state index in [1.54, 1.807) is 6.07 Å². The summed E-state index contributed by atoms with van der Waals surface area (Å²) in [5, 5.41) is 15.2. The van der Waals surface area contributed by atoms with Crippen LogP contribution in [0.3, 0.4) is 0 Å². The zero-order valence-electron chi connectivity index (χ0n) is 19.7. The summed E-state index contributed by atoms with van der Waals surface area (Å²) >= 11 is 6.26. The number of nitrogen functional groups attached to an aromatic ring is 1. The van der Waals surface area contributed by atoms with E-state index in [0.29, 0.717) is 48.9 Å². The second-order valence-electron chi connectivity index (χ2n) is 9.72. The third kappa shape index (κ3) is 5.21. The quantitative estimate of drug-likeness (QED) is 0.466. The molecule has 0 radical (unpaired) electrons. The number of carbonyl (C=O) groups excluding carboxylic acids is 1. The number of β-amino-alcohol motifs (C(OH)–C–C–N with tert-alkyl or cyclic N) is 1. The number of ether oxygens (including phenoxy) is 2. The van der Waals surface area contributed by atoms with Gasteiger partial charge in [0.05, 0.1) is 35.7 Å². The number of nitrogens with zero attached hydrogens (tertiary/aromatic N) is 3. The van der Waals surface area contributed by atoms with E-state index >= 15 is 0 Å². The second kappa shape index (κ2) is 9.56. The zero-order chi connectivity index (χ0) is 24.6. The molecule has 0 unspecified atom stereocenters. The molecule has 10 heteroatoms. The van der Waals surface area contributed by atoms with Crippen LogP contribution in [0.2, 0.25) is 5.02 Å². The van der Waals surface area contributed by atoms with Gasteiger partial charge < -0.3 is 20.3 Å². The van der Waals surface area contributed by atoms with Crippen molar-refractivity contribution in [3.05, 3.63) is 50.4 Å². The summed E-state index contributed by atoms with van der Waals surface area (Å²) in [5.74, 6) is -0.308. The van der Waals surface area contributed by atoms with Crippen LogP contribution >= 0.6 is 11.6 Å². The highest BCUT2D eigenvalue weighted by Gasteiger charge is 2.37. The van der Waals surface area contributed by atoms with Gasteiger partial charge >= 0.3 is 5.97 Å². The molecule has 0 aliphatic carbocycles. The van der Waals surface area contributed by atoms with Crippen LogP contribution in [0, 0.1) is 12.8 Å². The maximum Gasteiger partial charge on any atom is 0.341 e. The fourth-order valence-electron chi connectivity index (χ4n) is 4.53. The summed E-state index contributed by atoms with van der Waals surface area (Å²) < 4.78 is 13.0. The third-order valence-electron chi connectivity index (χ3n) is 6.43. The summed E-state index contributed by atoms with van der Waals surface area (Å²) in [6.07, 6.45) is 0.560. The molecule has 1 aromatic carbocycles. The Morgan fingerprint density at radius 1 is 1.38 bits per heavy atom. The van der Waals surface area contributed by atoms with Gasteiger partial charge in [-0.2, -0.15) is 5.10 Å². The summed E-state index contributed by atoms with van der Waals surface area (Å²) in [7, 11) is 0. The minimum Gasteiger partial charge on any atom is -0.486 e. The molecule has 184 valence electrons. The van der Waals surface area contributed by atoms with Crippen LogP contribution < -0.4 is 16.0 Å². The van der Waals surface area contributed by atoms with Gasteiger partial charge in [-0.05, 0) is 45.9 Å². The standard InChI is InChI=1S/C24H31ClN4O5/c1-14-4-5-20(31)29(27-14)9-8-28-7-6-15(19(30)12-28)13-33-23(32)16-10-18(25)21(26)17-11-24(2,3)34-22(16)17/h4-5,10,15,19,30H,6-9,11-13,26H2,1-3H3/t15-,19+/m1/s1. The lowest BCUT2D eigenvalue weighted by Crippen LogP contribution is -2.46. The third-order valence-corrected chi connectivity index (χ3v) is 6.75. The topological polar surface area (TPSA) is 120 Å². The van der Waals surface area contributed by atoms with E-state index in [4.69, 9.17) is 26.8 Å². The van der Waals surface area contributed by atoms with E-state index in [0.717, 1.165) is 17.8 Å². The molecule has 0 bridgehead atoms. The number of halogens is 1. The molecule has 4 rings (SSSR count). The van der Waals surface area contributed by atoms with Crippen LogP contribution in [0.5, 0.6) is 5.75 Å². The van der Waals surface area contributed by atoms with E-state index in [-0.39, 0.29) is 23.6 Å². The van der Waals surface area contributed by atoms with E-state index in [1.165, 1.54) is 16.8 Å². The lowest BCUT2D eigenvalue weighted by Gasteiger charge is -2.35. The molecule has 1 aromatic heterocycles. The van der Waals surface area contributed by atoms with Crippen LogP contribution in [0.25, 0.3) is 0 Å². The molecular formula is C24H31ClN4O5. The van der Waals surface area contributed by atoms with E-state index in [2.05, 4.69) is 10.00 Å². The molecular weight excluding hydrogens is 460 g/mol. The highest BCUT2D eigenvalue weighted by Crippen LogP contribution is 2.44. The second-order valence-corrected chi connectivity index (χ2v) is 10.1. The van der Waals surface area contributed by atoms with Crippen molar-refractivity contribution in [1.82, 2.24) is 14.7 Å². The fourth-order valence-corrected chi connectivity index (χ4v) is 4.75. The van der Waals surface area contributed by atoms with Crippen molar-refractivity contribution in [1.29, 1.82) is 0 Å². The maximum absolute atomic E-state index is 12.9. The molecule has 3 N–H and O–H groups in total. The van der Waals surface area contributed by atoms with Crippen LogP contribution in [0.15, 0.2) is 23.0 Å². The molecule has 3 heterocycles. The molecule has 2 aliphatic heterocycles. The Balaban J connectivity index is 1.33. The summed E-state index contributed by atoms with van der Waals surface area (Å²) in [5.41, 5.74) is 7.64. The zero-order valence-corrected chi connectivity index (χ0v) is 20.5. The van der Waals surface area contributed by atoms with Crippen LogP contribution in [-0.2, 0) is 17.7 Å². The van der Waals surface area contributed by atoms with Gasteiger partial charge in [0.25, 0.3) is 5.56 Å². The first-order valence-corrected chi connectivity index (χ1v) is 11.8. The average molecular weight is 491 g/mol. The number of aryl methyl sites for hydroxylation is 1. The van der Waals surface area contributed by atoms with Crippen molar-refractivity contribution >= 4 is 23.3 Å². The number of anilines is 1. The van der Waals surface area contributed by atoms with Crippen molar-refractivity contribution in [2.24, 2.45) is 5.92 Å². The SMILES string of the molecule is Cc1ccc(=O)n(CCN2CC[C@H](COC(=O)c3cc(Cl)c(N)c4c3OC(C)(C)C4)[C@@H](O)C2)n1. The number of benzene rings is 1. The van der Waals surface area contributed by atoms with Crippen LogP contribution in [-0.4, -0.2) is 63.7 Å². The summed E-state index contributed by atoms with van der Waals surface area (Å²) in [6.45, 7) is 7.98. The molecule has 2 aliphatic rings. The number of aliphatic hydroxyl groups is 1. The largest absolute Gasteiger partial charge is 0.486 e. The summed E-state index contributed by atoms with van der Waals surface area (Å²) in [4.78, 5) is 26.9. The van der Waals surface area contributed by atoms with Gasteiger partial charge in [0.1, 0.15) is 16.9 Å². The van der Waals surface area contributed by atoms with Gasteiger partial charge in [-0.1, -0.05) is 11.6 Å². The summed E-state index contributed by atoms with van der Waals surface area (Å²) in [6, 6.07) is 4.68. The van der Waals surface area contributed by atoms with Gasteiger partial charge in [-0.25, -0.2) is 9.48 Å². The Hall–Kier alpha value is -2.62. The Bertz CT molecular complexity index is 1150. The maximum atomic E-state index is 12.9. The normalized spacial score (nSPS) is 21.7. The van der Waals surface area contributed by atoms with Crippen molar-refractivity contribution in [3.63, 3.8) is 0 Å². The van der Waals surface area contributed by atoms with E-state index in [9.17, 15) is 14.7 Å². The van der Waals surface area contributed by atoms with E-state index in [1.807, 2.05) is 20.8 Å². The lowest BCUT2D eigenvalue weighted by molar-refractivity contribution is -0.0155. The molecule has 2 atom stereocenters. The minimum atomic E-state index is -0.653. The van der Waals surface area contributed by atoms with Crippen molar-refractivity contribution in [3.8, 4) is 5.75 Å². The molecule has 9 nitrogen and oxygen atoms in total. The number of hydrogen-bond donors (Lipinski definition) is 2. The number of aromatic nitrogens is 2. The number of piperidine rings is 1. The first kappa shape index (κ1) is 24.5. The van der Waals surface area contributed by atoms with Gasteiger partial charge in [0, 0.05) is 37.1 Å². The van der Waals surface area contributed by atoms with Crippen LogP contribution in [0.1, 0.15) is 41.9 Å². The molecule has 0 saturated carbocycles. The first-order chi connectivity index (χ1) is 16.0. The molecule has 0 amide bonds. The smallest absolute Gasteiger partial charge is 0.341 e. The molecule has 34 heavy (non-hydrogen) atoms. The van der Waals surface area contributed by atoms with Gasteiger partial charge in [0.15, 0.2) is 0 Å². The van der Waals surface area contributed by atoms with Crippen LogP contribution in [0.4, 0.5) is 5.69 Å². The Morgan fingerprint density at radius 3 is 2.88 bits per heavy atom. The average Bonchev–Trinajstić information content (AvgIpc) is 3.11. The van der Waals surface area contributed by atoms with Crippen molar-refractivity contribution < 1.29 is 19.4 Å².